The second-order valence-electron chi connectivity index (χ2n) is 48.5. The number of hydrogen-bond acceptors (Lipinski definition) is 0. The van der Waals surface area contributed by atoms with Crippen LogP contribution < -0.4 is 0 Å². The Labute approximate surface area is 828 Å². The average molecular weight is 1980 g/mol. The topological polar surface area (TPSA) is 0 Å². The van der Waals surface area contributed by atoms with Crippen LogP contribution in [0.2, 0.25) is 0 Å². The van der Waals surface area contributed by atoms with E-state index < -0.39 is 92.8 Å². The Balaban J connectivity index is 0.000000138. The third-order valence-corrected chi connectivity index (χ3v) is 37.1. The van der Waals surface area contributed by atoms with Crippen LogP contribution >= 0.6 is 0 Å². The Morgan fingerprint density at radius 3 is 0.647 bits per heavy atom. The molecule has 0 amide bonds. The molecule has 0 nitrogen and oxygen atoms in total. The summed E-state index contributed by atoms with van der Waals surface area (Å²) in [6.07, 6.45) is 87.3. The zero-order chi connectivity index (χ0) is 99.7. The van der Waals surface area contributed by atoms with Gasteiger partial charge in [-0.2, -0.15) is 52.7 Å². The Bertz CT molecular complexity index is 3900. The second kappa shape index (κ2) is 53.7. The van der Waals surface area contributed by atoms with Gasteiger partial charge in [0.25, 0.3) is 17.8 Å². The van der Waals surface area contributed by atoms with Crippen molar-refractivity contribution in [2.45, 2.75) is 431 Å². The predicted octanol–water partition coefficient (Wildman–Crippen LogP) is 40.3. The third-order valence-electron chi connectivity index (χ3n) is 37.1. The number of unbranched alkanes of at least 4 members (excludes halogenated alkanes) is 16. The highest BCUT2D eigenvalue weighted by atomic mass is 19.4. The fraction of sp³-hybridized carbons (Fsp3) is 0.818. The molecule has 0 saturated heterocycles. The molecule has 0 radical (unpaired) electrons. The smallest absolute Gasteiger partial charge is 0.207 e. The summed E-state index contributed by atoms with van der Waals surface area (Å²) >= 11 is 0. The number of fused-ring (bicyclic) bond motifs is 22. The molecule has 0 aliphatic heterocycles. The summed E-state index contributed by atoms with van der Waals surface area (Å²) in [4.78, 5) is 0. The summed E-state index contributed by atoms with van der Waals surface area (Å²) in [5.41, 5.74) is 0. The molecule has 0 aromatic carbocycles. The Kier molecular flexibility index (Phi) is 43.9. The van der Waals surface area contributed by atoms with Gasteiger partial charge < -0.3 is 0 Å². The first-order valence-electron chi connectivity index (χ1n) is 57.0. The van der Waals surface area contributed by atoms with E-state index in [4.69, 9.17) is 0 Å². The molecule has 0 heterocycles. The molecule has 32 atom stereocenters. The minimum Gasteiger partial charge on any atom is -0.207 e. The van der Waals surface area contributed by atoms with E-state index in [1.807, 2.05) is 36.5 Å². The van der Waals surface area contributed by atoms with Crippen LogP contribution in [0.3, 0.4) is 0 Å². The highest BCUT2D eigenvalue weighted by Crippen LogP contribution is 2.57. The molecule has 0 spiro atoms. The number of halogens is 18. The summed E-state index contributed by atoms with van der Waals surface area (Å²) in [6, 6.07) is 0. The lowest BCUT2D eigenvalue weighted by Crippen LogP contribution is -2.35. The van der Waals surface area contributed by atoms with E-state index in [0.717, 1.165) is 150 Å². The maximum atomic E-state index is 13.6. The zero-order valence-corrected chi connectivity index (χ0v) is 85.7. The number of alkyl halides is 18. The molecule has 18 heteroatoms. The highest BCUT2D eigenvalue weighted by Gasteiger charge is 2.55. The van der Waals surface area contributed by atoms with Crippen LogP contribution in [-0.2, 0) is 0 Å². The van der Waals surface area contributed by atoms with Crippen LogP contribution in [-0.4, -0.2) is 42.5 Å². The minimum atomic E-state index is -5.14. The number of allylic oxidation sites excluding steroid dienone is 22. The van der Waals surface area contributed by atoms with Crippen molar-refractivity contribution in [3.05, 3.63) is 134 Å². The van der Waals surface area contributed by atoms with Gasteiger partial charge in [-0.25, -0.2) is 26.3 Å². The first-order valence-corrected chi connectivity index (χ1v) is 57.0. The van der Waals surface area contributed by atoms with E-state index in [0.29, 0.717) is 31.1 Å². The Morgan fingerprint density at radius 1 is 0.194 bits per heavy atom. The number of rotatable bonds is 34. The molecule has 0 aromatic rings. The van der Waals surface area contributed by atoms with Gasteiger partial charge in [0.15, 0.2) is 0 Å². The van der Waals surface area contributed by atoms with E-state index in [1.165, 1.54) is 257 Å². The maximum Gasteiger partial charge on any atom is 0.394 e. The Hall–Kier alpha value is -4.12. The lowest BCUT2D eigenvalue weighted by molar-refractivity contribution is -0.208. The largest absolute Gasteiger partial charge is 0.394 e. The van der Waals surface area contributed by atoms with E-state index >= 15 is 0 Å². The quantitative estimate of drug-likeness (QED) is 0.0342. The summed E-state index contributed by atoms with van der Waals surface area (Å²) in [5.74, 6) is 7.53. The van der Waals surface area contributed by atoms with E-state index in [-0.39, 0.29) is 47.3 Å². The fourth-order valence-electron chi connectivity index (χ4n) is 29.9. The standard InChI is InChI=1S/C17H30.C15H26.C13H15F7.C13H22.C11H13F5.C11H18.C9H11F3.C9H14.C8H9F3.C8H12.C7H10/c1-2-3-4-5-6-7-8-9-10-16-13-15-11-12-17(16)14-15;1-2-3-4-5-6-7-8-14-11-13-9-10-15(14)12-13;14-11(15,6-12(16,17)7-13(18,19)20)5-10-4-8-1-2-9(10)3-8;1-2-3-4-5-6-12-9-11-7-8-13(12)10-11;12-10(13,6-11(14,15)16)5-9-4-7-1-2-8(9)3-7;1-2-3-4-10-7-9-5-6-11(10)8-9;10-9(11,12)5-8-4-6-1-2-7(8)3-6;1-2-8-5-7-3-4-9(8)6-7;9-8(10,11)7-4-5-1-2-6(7)3-5;1-6-4-7-2-3-8(6)5-7;1-2-7-4-3-6(1)5-7/h11-12,15-17H,2-10,13-14H2,1H3;9-10,13-15H,2-8,11-12H2,1H3;1-2,8-10H,3-7H2;7-8,11-13H,2-6,9-10H2,1H3;1-2,7-9H,3-6H2;5-6,9-11H,2-4,7-8H2,1H3;1-2,6-8H,3-5H2;3-4,7-9H,2,5-6H2,1H3;1-2,5-7H,3-4H2;2-3,6-8H,4-5H2,1H3;1-2,6-7H,3-5H2. The molecule has 22 bridgehead atoms. The van der Waals surface area contributed by atoms with Crippen LogP contribution in [0, 0.1) is 189 Å². The predicted molar refractivity (Wildman–Crippen MR) is 535 cm³/mol. The normalized spacial score (nSPS) is 37.0. The van der Waals surface area contributed by atoms with Gasteiger partial charge in [0, 0.05) is 19.3 Å². The van der Waals surface area contributed by atoms with Crippen molar-refractivity contribution in [1.82, 2.24) is 0 Å². The second-order valence-corrected chi connectivity index (χ2v) is 48.5. The lowest BCUT2D eigenvalue weighted by atomic mass is 9.86. The molecule has 11 saturated carbocycles. The SMILES string of the molecule is C1=CC2CCC1C2.CC1CC2C=CC1C2.CCC1CC2C=CC1C2.CCCCC1CC2C=CC1C2.CCCCCCC1CC2C=CC1C2.CCCCCCCCC1CC2C=CC1C2.CCCCCCCCCCC1CC2C=CC1C2.FC(F)(F)C1CC2C=CC1C2.FC(F)(F)CC(F)(F)CC(F)(F)CC1CC2C=CC1C2.FC(F)(F)CC(F)(F)CC1CC2C=CC1C2.FC(F)(F)CC1CC2C=CC1C2. The van der Waals surface area contributed by atoms with Crippen LogP contribution in [0.4, 0.5) is 79.0 Å². The first-order chi connectivity index (χ1) is 66.1. The summed E-state index contributed by atoms with van der Waals surface area (Å²) in [5, 5.41) is 0. The summed E-state index contributed by atoms with van der Waals surface area (Å²) < 4.78 is 224. The van der Waals surface area contributed by atoms with Crippen molar-refractivity contribution in [2.24, 2.45) is 189 Å². The molecule has 32 unspecified atom stereocenters. The fourth-order valence-corrected chi connectivity index (χ4v) is 29.9. The zero-order valence-electron chi connectivity index (χ0n) is 85.7. The van der Waals surface area contributed by atoms with Gasteiger partial charge in [0.2, 0.25) is 0 Å². The van der Waals surface area contributed by atoms with Gasteiger partial charge in [-0.1, -0.05) is 310 Å². The van der Waals surface area contributed by atoms with E-state index in [9.17, 15) is 79.0 Å². The molecule has 139 heavy (non-hydrogen) atoms. The molecule has 0 N–H and O–H groups in total. The van der Waals surface area contributed by atoms with Crippen molar-refractivity contribution < 1.29 is 79.0 Å². The van der Waals surface area contributed by atoms with Gasteiger partial charge in [0.05, 0.1) is 12.3 Å². The number of hydrogen-bond donors (Lipinski definition) is 0. The first kappa shape index (κ1) is 114. The monoisotopic (exact) mass is 1980 g/mol. The molecule has 11 fully saturated rings. The van der Waals surface area contributed by atoms with E-state index in [2.05, 4.69) is 133 Å². The molecular weight excluding hydrogens is 1800 g/mol. The molecule has 22 aliphatic rings. The van der Waals surface area contributed by atoms with Gasteiger partial charge in [-0.15, -0.1) is 0 Å². The van der Waals surface area contributed by atoms with Crippen LogP contribution in [0.25, 0.3) is 0 Å². The Morgan fingerprint density at radius 2 is 0.439 bits per heavy atom. The summed E-state index contributed by atoms with van der Waals surface area (Å²) in [6.45, 7) is 13.9. The highest BCUT2D eigenvalue weighted by molar-refractivity contribution is 5.18. The van der Waals surface area contributed by atoms with Gasteiger partial charge in [-0.3, -0.25) is 0 Å². The van der Waals surface area contributed by atoms with Crippen molar-refractivity contribution in [1.29, 1.82) is 0 Å². The van der Waals surface area contributed by atoms with Crippen LogP contribution in [0.15, 0.2) is 134 Å². The van der Waals surface area contributed by atoms with Crippen molar-refractivity contribution in [2.75, 3.05) is 0 Å². The molecular formula is C121H180F18. The van der Waals surface area contributed by atoms with Crippen LogP contribution in [0.5, 0.6) is 0 Å². The van der Waals surface area contributed by atoms with Crippen molar-refractivity contribution >= 4 is 0 Å². The molecule has 0 aromatic heterocycles. The lowest BCUT2D eigenvalue weighted by Gasteiger charge is -2.28. The molecule has 790 valence electrons. The van der Waals surface area contributed by atoms with Gasteiger partial charge in [0.1, 0.15) is 12.8 Å². The minimum absolute atomic E-state index is 0.0397. The van der Waals surface area contributed by atoms with Gasteiger partial charge in [-0.05, 0) is 357 Å². The summed E-state index contributed by atoms with van der Waals surface area (Å²) in [7, 11) is 0. The van der Waals surface area contributed by atoms with Crippen molar-refractivity contribution in [3.63, 3.8) is 0 Å². The van der Waals surface area contributed by atoms with Gasteiger partial charge >= 0.3 is 24.7 Å². The van der Waals surface area contributed by atoms with E-state index in [1.54, 1.807) is 6.08 Å². The third kappa shape index (κ3) is 37.6. The molecule has 22 aliphatic carbocycles. The maximum absolute atomic E-state index is 13.6. The van der Waals surface area contributed by atoms with Crippen molar-refractivity contribution in [3.8, 4) is 0 Å². The molecule has 22 rings (SSSR count). The average Bonchev–Trinajstić information content (AvgIpc) is 1.57. The van der Waals surface area contributed by atoms with Crippen LogP contribution in [0.1, 0.15) is 388 Å².